The number of pyridine rings is 1. The SMILES string of the molecule is COc1ccc(Cn2c3ccccc3c3ccnc(C(=O)c4ccc(OCc5ccccc5)cc4)c32)cc1. The smallest absolute Gasteiger partial charge is 0.213 e. The van der Waals surface area contributed by atoms with Crippen LogP contribution in [0.2, 0.25) is 0 Å². The predicted octanol–water partition coefficient (Wildman–Crippen LogP) is 7.06. The van der Waals surface area contributed by atoms with Crippen LogP contribution in [0.5, 0.6) is 11.5 Å². The molecule has 0 fully saturated rings. The molecule has 186 valence electrons. The van der Waals surface area contributed by atoms with Gasteiger partial charge in [0.15, 0.2) is 0 Å². The highest BCUT2D eigenvalue weighted by Gasteiger charge is 2.20. The Kier molecular flexibility index (Phi) is 6.32. The Bertz CT molecular complexity index is 1720. The fourth-order valence-corrected chi connectivity index (χ4v) is 4.83. The number of rotatable bonds is 8. The molecule has 0 saturated carbocycles. The van der Waals surface area contributed by atoms with Crippen LogP contribution in [-0.2, 0) is 13.2 Å². The van der Waals surface area contributed by atoms with E-state index >= 15 is 0 Å². The zero-order valence-electron chi connectivity index (χ0n) is 21.0. The van der Waals surface area contributed by atoms with Crippen molar-refractivity contribution in [2.24, 2.45) is 0 Å². The molecule has 5 heteroatoms. The molecule has 0 bridgehead atoms. The van der Waals surface area contributed by atoms with Crippen molar-refractivity contribution in [1.82, 2.24) is 9.55 Å². The maximum Gasteiger partial charge on any atom is 0.213 e. The monoisotopic (exact) mass is 498 g/mol. The van der Waals surface area contributed by atoms with Crippen LogP contribution in [-0.4, -0.2) is 22.4 Å². The molecule has 6 aromatic rings. The summed E-state index contributed by atoms with van der Waals surface area (Å²) in [5, 5.41) is 2.10. The maximum atomic E-state index is 13.8. The molecule has 0 N–H and O–H groups in total. The number of nitrogens with zero attached hydrogens (tertiary/aromatic N) is 2. The second kappa shape index (κ2) is 10.2. The second-order valence-electron chi connectivity index (χ2n) is 9.13. The van der Waals surface area contributed by atoms with Gasteiger partial charge in [0.05, 0.1) is 12.6 Å². The zero-order valence-corrected chi connectivity index (χ0v) is 21.0. The number of carbonyl (C=O) groups excluding carboxylic acids is 1. The topological polar surface area (TPSA) is 53.4 Å². The summed E-state index contributed by atoms with van der Waals surface area (Å²) in [4.78, 5) is 18.4. The molecule has 4 aromatic carbocycles. The third-order valence-corrected chi connectivity index (χ3v) is 6.76. The van der Waals surface area contributed by atoms with Crippen molar-refractivity contribution in [3.05, 3.63) is 138 Å². The van der Waals surface area contributed by atoms with Gasteiger partial charge in [0.1, 0.15) is 23.8 Å². The van der Waals surface area contributed by atoms with Crippen molar-refractivity contribution in [1.29, 1.82) is 0 Å². The van der Waals surface area contributed by atoms with Gasteiger partial charge in [-0.3, -0.25) is 9.78 Å². The Morgan fingerprint density at radius 2 is 1.45 bits per heavy atom. The average molecular weight is 499 g/mol. The molecule has 6 rings (SSSR count). The van der Waals surface area contributed by atoms with Crippen molar-refractivity contribution in [3.8, 4) is 11.5 Å². The quantitative estimate of drug-likeness (QED) is 0.211. The summed E-state index contributed by atoms with van der Waals surface area (Å²) in [6, 6.07) is 35.5. The molecule has 0 amide bonds. The molecular weight excluding hydrogens is 472 g/mol. The fraction of sp³-hybridized carbons (Fsp3) is 0.0909. The van der Waals surface area contributed by atoms with E-state index in [0.717, 1.165) is 38.7 Å². The van der Waals surface area contributed by atoms with Gasteiger partial charge in [-0.25, -0.2) is 0 Å². The summed E-state index contributed by atoms with van der Waals surface area (Å²) in [6.07, 6.45) is 1.72. The Morgan fingerprint density at radius 1 is 0.737 bits per heavy atom. The summed E-state index contributed by atoms with van der Waals surface area (Å²) in [5.41, 5.74) is 5.09. The molecule has 0 spiro atoms. The van der Waals surface area contributed by atoms with Crippen LogP contribution in [0.1, 0.15) is 27.2 Å². The van der Waals surface area contributed by atoms with Gasteiger partial charge in [0.2, 0.25) is 5.78 Å². The lowest BCUT2D eigenvalue weighted by molar-refractivity contribution is 0.103. The largest absolute Gasteiger partial charge is 0.497 e. The van der Waals surface area contributed by atoms with E-state index in [9.17, 15) is 4.79 Å². The van der Waals surface area contributed by atoms with Crippen LogP contribution in [0.3, 0.4) is 0 Å². The lowest BCUT2D eigenvalue weighted by atomic mass is 10.1. The van der Waals surface area contributed by atoms with Gasteiger partial charge in [-0.05, 0) is 59.7 Å². The number of ether oxygens (including phenoxy) is 2. The summed E-state index contributed by atoms with van der Waals surface area (Å²) in [6.45, 7) is 1.08. The molecule has 0 radical (unpaired) electrons. The molecule has 0 aliphatic heterocycles. The van der Waals surface area contributed by atoms with Gasteiger partial charge < -0.3 is 14.0 Å². The van der Waals surface area contributed by atoms with Gasteiger partial charge in [-0.2, -0.15) is 0 Å². The summed E-state index contributed by atoms with van der Waals surface area (Å²) in [7, 11) is 1.66. The van der Waals surface area contributed by atoms with Crippen LogP contribution >= 0.6 is 0 Å². The first-order valence-corrected chi connectivity index (χ1v) is 12.5. The molecule has 38 heavy (non-hydrogen) atoms. The van der Waals surface area contributed by atoms with Gasteiger partial charge in [-0.1, -0.05) is 60.7 Å². The normalized spacial score (nSPS) is 11.1. The van der Waals surface area contributed by atoms with Crippen LogP contribution < -0.4 is 9.47 Å². The molecule has 0 saturated heterocycles. The summed E-state index contributed by atoms with van der Waals surface area (Å²) < 4.78 is 13.4. The minimum Gasteiger partial charge on any atom is -0.497 e. The van der Waals surface area contributed by atoms with E-state index in [4.69, 9.17) is 9.47 Å². The lowest BCUT2D eigenvalue weighted by Crippen LogP contribution is -2.09. The zero-order chi connectivity index (χ0) is 25.9. The number of hydrogen-bond donors (Lipinski definition) is 0. The molecule has 0 aliphatic carbocycles. The molecule has 5 nitrogen and oxygen atoms in total. The highest BCUT2D eigenvalue weighted by molar-refractivity contribution is 6.19. The molecule has 0 atom stereocenters. The van der Waals surface area contributed by atoms with Crippen molar-refractivity contribution < 1.29 is 14.3 Å². The highest BCUT2D eigenvalue weighted by atomic mass is 16.5. The highest BCUT2D eigenvalue weighted by Crippen LogP contribution is 2.32. The van der Waals surface area contributed by atoms with E-state index in [1.165, 1.54) is 0 Å². The minimum absolute atomic E-state index is 0.121. The number of benzene rings is 4. The Hall–Kier alpha value is -4.90. The van der Waals surface area contributed by atoms with Crippen LogP contribution in [0.15, 0.2) is 115 Å². The van der Waals surface area contributed by atoms with E-state index in [-0.39, 0.29) is 5.78 Å². The maximum absolute atomic E-state index is 13.8. The summed E-state index contributed by atoms with van der Waals surface area (Å²) >= 11 is 0. The Labute approximate surface area is 220 Å². The molecule has 0 aliphatic rings. The summed E-state index contributed by atoms with van der Waals surface area (Å²) in [5.74, 6) is 1.40. The van der Waals surface area contributed by atoms with Crippen molar-refractivity contribution in [2.45, 2.75) is 13.2 Å². The Morgan fingerprint density at radius 3 is 2.21 bits per heavy atom. The number of carbonyl (C=O) groups is 1. The number of para-hydroxylation sites is 1. The lowest BCUT2D eigenvalue weighted by Gasteiger charge is -2.11. The van der Waals surface area contributed by atoms with E-state index < -0.39 is 0 Å². The molecule has 2 heterocycles. The Balaban J connectivity index is 1.36. The van der Waals surface area contributed by atoms with E-state index in [1.54, 1.807) is 25.4 Å². The van der Waals surface area contributed by atoms with Crippen LogP contribution in [0, 0.1) is 0 Å². The number of methoxy groups -OCH3 is 1. The average Bonchev–Trinajstić information content (AvgIpc) is 3.30. The van der Waals surface area contributed by atoms with Gasteiger partial charge in [0.25, 0.3) is 0 Å². The van der Waals surface area contributed by atoms with Crippen molar-refractivity contribution >= 4 is 27.6 Å². The van der Waals surface area contributed by atoms with Gasteiger partial charge in [-0.15, -0.1) is 0 Å². The predicted molar refractivity (Wildman–Crippen MR) is 150 cm³/mol. The van der Waals surface area contributed by atoms with Gasteiger partial charge >= 0.3 is 0 Å². The first-order chi connectivity index (χ1) is 18.7. The first-order valence-electron chi connectivity index (χ1n) is 12.5. The molecule has 0 unspecified atom stereocenters. The fourth-order valence-electron chi connectivity index (χ4n) is 4.83. The number of hydrogen-bond acceptors (Lipinski definition) is 4. The number of ketones is 1. The minimum atomic E-state index is -0.121. The van der Waals surface area contributed by atoms with Crippen LogP contribution in [0.4, 0.5) is 0 Å². The molecule has 2 aromatic heterocycles. The van der Waals surface area contributed by atoms with E-state index in [0.29, 0.717) is 30.2 Å². The standard InChI is InChI=1S/C33H26N2O3/c1-37-26-15-11-23(12-16-26)21-35-30-10-6-5-9-28(30)29-19-20-34-31(32(29)35)33(36)25-13-17-27(18-14-25)38-22-24-7-3-2-4-8-24/h2-20H,21-22H2,1H3. The second-order valence-corrected chi connectivity index (χ2v) is 9.13. The molecular formula is C33H26N2O3. The van der Waals surface area contributed by atoms with Crippen LogP contribution in [0.25, 0.3) is 21.8 Å². The van der Waals surface area contributed by atoms with Gasteiger partial charge in [0, 0.05) is 34.6 Å². The van der Waals surface area contributed by atoms with Crippen molar-refractivity contribution in [2.75, 3.05) is 7.11 Å². The number of aromatic nitrogens is 2. The third-order valence-electron chi connectivity index (χ3n) is 6.76. The van der Waals surface area contributed by atoms with E-state index in [1.807, 2.05) is 84.9 Å². The third kappa shape index (κ3) is 4.50. The number of fused-ring (bicyclic) bond motifs is 3. The van der Waals surface area contributed by atoms with E-state index in [2.05, 4.69) is 21.7 Å². The van der Waals surface area contributed by atoms with Crippen molar-refractivity contribution in [3.63, 3.8) is 0 Å². The first kappa shape index (κ1) is 23.5.